The Hall–Kier alpha value is -0.390. The fourth-order valence-electron chi connectivity index (χ4n) is 2.05. The highest BCUT2D eigenvalue weighted by molar-refractivity contribution is 9.10. The van der Waals surface area contributed by atoms with Gasteiger partial charge in [0.25, 0.3) is 0 Å². The van der Waals surface area contributed by atoms with E-state index in [9.17, 15) is 0 Å². The lowest BCUT2D eigenvalue weighted by molar-refractivity contribution is 0.314. The summed E-state index contributed by atoms with van der Waals surface area (Å²) in [5.74, 6) is 0. The molecule has 20 heavy (non-hydrogen) atoms. The maximum Gasteiger partial charge on any atom is 0.0931 e. The van der Waals surface area contributed by atoms with E-state index in [0.717, 1.165) is 28.3 Å². The Labute approximate surface area is 137 Å². The first-order valence-electron chi connectivity index (χ1n) is 6.48. The second-order valence-electron chi connectivity index (χ2n) is 4.89. The molecule has 2 rings (SSSR count). The van der Waals surface area contributed by atoms with Crippen LogP contribution < -0.4 is 5.73 Å². The molecule has 0 aliphatic rings. The number of nitrogens with two attached hydrogens (primary N) is 1. The molecule has 1 aromatic heterocycles. The molecule has 108 valence electrons. The van der Waals surface area contributed by atoms with E-state index in [0.29, 0.717) is 0 Å². The molecule has 2 N–H and O–H groups in total. The first-order chi connectivity index (χ1) is 9.54. The number of hydrogen-bond donors (Lipinski definition) is 1. The molecule has 0 radical (unpaired) electrons. The molecule has 0 spiro atoms. The lowest BCUT2D eigenvalue weighted by Gasteiger charge is -2.19. The Balaban J connectivity index is 1.82. The number of thiophene rings is 1. The third kappa shape index (κ3) is 4.86. The summed E-state index contributed by atoms with van der Waals surface area (Å²) in [5, 5.41) is 0. The van der Waals surface area contributed by atoms with E-state index < -0.39 is 0 Å². The van der Waals surface area contributed by atoms with E-state index in [1.807, 2.05) is 18.2 Å². The van der Waals surface area contributed by atoms with E-state index in [2.05, 4.69) is 46.1 Å². The number of rotatable bonds is 6. The van der Waals surface area contributed by atoms with Crippen LogP contribution in [0.2, 0.25) is 4.34 Å². The SMILES string of the molecule is CN(CCC(N)c1cccc(Br)c1)Cc1ccc(Cl)s1. The third-order valence-electron chi connectivity index (χ3n) is 3.15. The Bertz CT molecular complexity index is 558. The van der Waals surface area contributed by atoms with Crippen LogP contribution in [0.15, 0.2) is 40.9 Å². The smallest absolute Gasteiger partial charge is 0.0931 e. The average molecular weight is 374 g/mol. The standard InChI is InChI=1S/C15H18BrClN2S/c1-19(10-13-5-6-15(17)20-13)8-7-14(18)11-3-2-4-12(16)9-11/h2-6,9,14H,7-8,10,18H2,1H3. The van der Waals surface area contributed by atoms with Crippen molar-refractivity contribution < 1.29 is 0 Å². The van der Waals surface area contributed by atoms with Gasteiger partial charge in [0.05, 0.1) is 4.34 Å². The summed E-state index contributed by atoms with van der Waals surface area (Å²) in [4.78, 5) is 3.56. The van der Waals surface area contributed by atoms with Crippen LogP contribution in [0.1, 0.15) is 22.9 Å². The molecule has 0 aliphatic heterocycles. The summed E-state index contributed by atoms with van der Waals surface area (Å²) < 4.78 is 1.92. The molecule has 5 heteroatoms. The van der Waals surface area contributed by atoms with Crippen LogP contribution in [0, 0.1) is 0 Å². The number of hydrogen-bond acceptors (Lipinski definition) is 3. The van der Waals surface area contributed by atoms with Crippen LogP contribution in [0.3, 0.4) is 0 Å². The molecule has 2 nitrogen and oxygen atoms in total. The zero-order chi connectivity index (χ0) is 14.5. The predicted molar refractivity (Wildman–Crippen MR) is 91.4 cm³/mol. The number of nitrogens with zero attached hydrogens (tertiary/aromatic N) is 1. The molecule has 0 saturated heterocycles. The lowest BCUT2D eigenvalue weighted by Crippen LogP contribution is -2.23. The van der Waals surface area contributed by atoms with Gasteiger partial charge in [-0.3, -0.25) is 0 Å². The molecule has 1 atom stereocenters. The van der Waals surface area contributed by atoms with Crippen molar-refractivity contribution in [3.05, 3.63) is 55.6 Å². The van der Waals surface area contributed by atoms with Crippen molar-refractivity contribution in [2.45, 2.75) is 19.0 Å². The fraction of sp³-hybridized carbons (Fsp3) is 0.333. The van der Waals surface area contributed by atoms with Crippen molar-refractivity contribution >= 4 is 38.9 Å². The molecule has 0 amide bonds. The van der Waals surface area contributed by atoms with Crippen LogP contribution in [0.4, 0.5) is 0 Å². The summed E-state index contributed by atoms with van der Waals surface area (Å²) in [7, 11) is 2.11. The van der Waals surface area contributed by atoms with Gasteiger partial charge in [0.1, 0.15) is 0 Å². The Morgan fingerprint density at radius 3 is 2.80 bits per heavy atom. The second-order valence-corrected chi connectivity index (χ2v) is 7.61. The highest BCUT2D eigenvalue weighted by Gasteiger charge is 2.09. The molecule has 0 aliphatic carbocycles. The second kappa shape index (κ2) is 7.57. The summed E-state index contributed by atoms with van der Waals surface area (Å²) in [6, 6.07) is 12.3. The van der Waals surface area contributed by atoms with Gasteiger partial charge in [-0.15, -0.1) is 11.3 Å². The Kier molecular flexibility index (Phi) is 6.05. The molecule has 1 heterocycles. The van der Waals surface area contributed by atoms with Crippen LogP contribution in [0.5, 0.6) is 0 Å². The van der Waals surface area contributed by atoms with Gasteiger partial charge in [-0.05, 0) is 43.3 Å². The molecule has 2 aromatic rings. The Morgan fingerprint density at radius 2 is 2.15 bits per heavy atom. The van der Waals surface area contributed by atoms with Crippen molar-refractivity contribution in [3.63, 3.8) is 0 Å². The molecule has 0 saturated carbocycles. The van der Waals surface area contributed by atoms with E-state index in [1.165, 1.54) is 10.4 Å². The van der Waals surface area contributed by atoms with E-state index in [4.69, 9.17) is 17.3 Å². The Morgan fingerprint density at radius 1 is 1.35 bits per heavy atom. The van der Waals surface area contributed by atoms with Gasteiger partial charge in [0.15, 0.2) is 0 Å². The number of benzene rings is 1. The molecule has 0 bridgehead atoms. The van der Waals surface area contributed by atoms with Crippen molar-refractivity contribution in [1.82, 2.24) is 4.90 Å². The summed E-state index contributed by atoms with van der Waals surface area (Å²) in [5.41, 5.74) is 7.42. The minimum Gasteiger partial charge on any atom is -0.324 e. The minimum atomic E-state index is 0.0712. The maximum absolute atomic E-state index is 6.24. The molecule has 1 unspecified atom stereocenters. The monoisotopic (exact) mass is 372 g/mol. The van der Waals surface area contributed by atoms with Crippen LogP contribution in [-0.2, 0) is 6.54 Å². The first-order valence-corrected chi connectivity index (χ1v) is 8.47. The van der Waals surface area contributed by atoms with Crippen molar-refractivity contribution in [2.24, 2.45) is 5.73 Å². The highest BCUT2D eigenvalue weighted by Crippen LogP contribution is 2.23. The zero-order valence-corrected chi connectivity index (χ0v) is 14.5. The largest absolute Gasteiger partial charge is 0.324 e. The van der Waals surface area contributed by atoms with Gasteiger partial charge in [0, 0.05) is 28.5 Å². The van der Waals surface area contributed by atoms with Crippen molar-refractivity contribution in [3.8, 4) is 0 Å². The van der Waals surface area contributed by atoms with Gasteiger partial charge in [-0.1, -0.05) is 39.7 Å². The van der Waals surface area contributed by atoms with Gasteiger partial charge in [-0.2, -0.15) is 0 Å². The van der Waals surface area contributed by atoms with Gasteiger partial charge in [0.2, 0.25) is 0 Å². The summed E-state index contributed by atoms with van der Waals surface area (Å²) in [6.07, 6.45) is 0.937. The molecular formula is C15H18BrClN2S. The van der Waals surface area contributed by atoms with Crippen molar-refractivity contribution in [2.75, 3.05) is 13.6 Å². The summed E-state index contributed by atoms with van der Waals surface area (Å²) in [6.45, 7) is 1.88. The normalized spacial score (nSPS) is 12.8. The molecule has 1 aromatic carbocycles. The average Bonchev–Trinajstić information content (AvgIpc) is 2.81. The zero-order valence-electron chi connectivity index (χ0n) is 11.4. The molecule has 0 fully saturated rings. The van der Waals surface area contributed by atoms with Gasteiger partial charge >= 0.3 is 0 Å². The number of halogens is 2. The first kappa shape index (κ1) is 16.0. The quantitative estimate of drug-likeness (QED) is 0.796. The summed E-state index contributed by atoms with van der Waals surface area (Å²) >= 11 is 11.1. The third-order valence-corrected chi connectivity index (χ3v) is 4.86. The van der Waals surface area contributed by atoms with Crippen LogP contribution in [0.25, 0.3) is 0 Å². The van der Waals surface area contributed by atoms with Gasteiger partial charge < -0.3 is 10.6 Å². The predicted octanol–water partition coefficient (Wildman–Crippen LogP) is 4.69. The van der Waals surface area contributed by atoms with Gasteiger partial charge in [-0.25, -0.2) is 0 Å². The van der Waals surface area contributed by atoms with Crippen LogP contribution >= 0.6 is 38.9 Å². The fourth-order valence-corrected chi connectivity index (χ4v) is 3.63. The van der Waals surface area contributed by atoms with E-state index in [1.54, 1.807) is 11.3 Å². The van der Waals surface area contributed by atoms with Crippen molar-refractivity contribution in [1.29, 1.82) is 0 Å². The van der Waals surface area contributed by atoms with E-state index >= 15 is 0 Å². The van der Waals surface area contributed by atoms with Crippen LogP contribution in [-0.4, -0.2) is 18.5 Å². The maximum atomic E-state index is 6.24. The minimum absolute atomic E-state index is 0.0712. The lowest BCUT2D eigenvalue weighted by atomic mass is 10.0. The van der Waals surface area contributed by atoms with E-state index in [-0.39, 0.29) is 6.04 Å². The topological polar surface area (TPSA) is 29.3 Å². The highest BCUT2D eigenvalue weighted by atomic mass is 79.9. The molecular weight excluding hydrogens is 356 g/mol.